The zero-order valence-electron chi connectivity index (χ0n) is 14.4. The first kappa shape index (κ1) is 22.5. The van der Waals surface area contributed by atoms with Crippen LogP contribution >= 0.6 is 35.7 Å². The Morgan fingerprint density at radius 1 is 1.30 bits per heavy atom. The molecule has 1 unspecified atom stereocenters. The second kappa shape index (κ2) is 11.1. The van der Waals surface area contributed by atoms with Crippen molar-refractivity contribution in [3.8, 4) is 0 Å². The van der Waals surface area contributed by atoms with Gasteiger partial charge in [0.2, 0.25) is 0 Å². The van der Waals surface area contributed by atoms with Crippen molar-refractivity contribution in [1.82, 2.24) is 10.6 Å². The molecule has 0 aliphatic rings. The number of hydrogen-bond acceptors (Lipinski definition) is 3. The highest BCUT2D eigenvalue weighted by molar-refractivity contribution is 14.0. The van der Waals surface area contributed by atoms with Gasteiger partial charge in [0, 0.05) is 32.0 Å². The average Bonchev–Trinajstić information content (AvgIpc) is 2.52. The Hall–Kier alpha value is -0.540. The Bertz CT molecular complexity index is 483. The molecule has 1 rings (SSSR count). The van der Waals surface area contributed by atoms with Crippen LogP contribution in [0.3, 0.4) is 0 Å². The lowest BCUT2D eigenvalue weighted by Crippen LogP contribution is -2.44. The first-order valence-corrected chi connectivity index (χ1v) is 8.42. The molecular formula is C16H27FIN3OS. The molecule has 0 heterocycles. The van der Waals surface area contributed by atoms with E-state index in [1.54, 1.807) is 38.1 Å². The zero-order valence-corrected chi connectivity index (χ0v) is 17.5. The van der Waals surface area contributed by atoms with E-state index >= 15 is 0 Å². The molecule has 132 valence electrons. The molecule has 1 atom stereocenters. The molecule has 0 bridgehead atoms. The fraction of sp³-hybridized carbons (Fsp3) is 0.562. The molecule has 0 aliphatic carbocycles. The number of hydrogen-bond donors (Lipinski definition) is 2. The third-order valence-electron chi connectivity index (χ3n) is 3.44. The van der Waals surface area contributed by atoms with Gasteiger partial charge in [-0.2, -0.15) is 11.8 Å². The minimum atomic E-state index is -0.247. The summed E-state index contributed by atoms with van der Waals surface area (Å²) in [4.78, 5) is 4.21. The van der Waals surface area contributed by atoms with Crippen molar-refractivity contribution in [2.75, 3.05) is 33.5 Å². The molecule has 0 fully saturated rings. The number of benzene rings is 1. The van der Waals surface area contributed by atoms with Crippen LogP contribution in [0.25, 0.3) is 0 Å². The van der Waals surface area contributed by atoms with E-state index in [-0.39, 0.29) is 40.6 Å². The van der Waals surface area contributed by atoms with Crippen molar-refractivity contribution in [2.24, 2.45) is 4.99 Å². The fourth-order valence-corrected chi connectivity index (χ4v) is 2.01. The predicted octanol–water partition coefficient (Wildman–Crippen LogP) is 3.44. The Morgan fingerprint density at radius 3 is 2.39 bits per heavy atom. The van der Waals surface area contributed by atoms with E-state index in [0.717, 1.165) is 18.1 Å². The highest BCUT2D eigenvalue weighted by Crippen LogP contribution is 2.19. The van der Waals surface area contributed by atoms with E-state index < -0.39 is 0 Å². The quantitative estimate of drug-likeness (QED) is 0.376. The molecule has 1 aromatic carbocycles. The van der Waals surface area contributed by atoms with Gasteiger partial charge in [-0.15, -0.1) is 24.0 Å². The van der Waals surface area contributed by atoms with Gasteiger partial charge >= 0.3 is 0 Å². The Labute approximate surface area is 160 Å². The summed E-state index contributed by atoms with van der Waals surface area (Å²) in [5, 5.41) is 6.54. The lowest BCUT2D eigenvalue weighted by atomic mass is 10.1. The number of aliphatic imine (C=N–C) groups is 1. The van der Waals surface area contributed by atoms with E-state index in [1.165, 1.54) is 12.1 Å². The maximum absolute atomic E-state index is 13.0. The highest BCUT2D eigenvalue weighted by atomic mass is 127. The molecule has 2 N–H and O–H groups in total. The van der Waals surface area contributed by atoms with E-state index in [0.29, 0.717) is 6.54 Å². The van der Waals surface area contributed by atoms with Gasteiger partial charge in [-0.1, -0.05) is 12.1 Å². The second-order valence-corrected chi connectivity index (χ2v) is 7.06. The summed E-state index contributed by atoms with van der Waals surface area (Å²) in [6.45, 7) is 5.71. The van der Waals surface area contributed by atoms with E-state index in [9.17, 15) is 4.39 Å². The van der Waals surface area contributed by atoms with Crippen LogP contribution in [0.1, 0.15) is 25.5 Å². The lowest BCUT2D eigenvalue weighted by Gasteiger charge is -2.24. The molecule has 7 heteroatoms. The Balaban J connectivity index is 0.00000484. The van der Waals surface area contributed by atoms with Crippen molar-refractivity contribution in [1.29, 1.82) is 0 Å². The maximum atomic E-state index is 13.0. The standard InChI is InChI=1S/C16H26FN3OS.HI/c1-16(2,22-5)11-20-15(18-3)19-10-14(21-4)12-6-8-13(17)9-7-12;/h6-9,14H,10-11H2,1-5H3,(H2,18,19,20);1H. The van der Waals surface area contributed by atoms with Crippen LogP contribution in [0.4, 0.5) is 4.39 Å². The average molecular weight is 455 g/mol. The fourth-order valence-electron chi connectivity index (χ4n) is 1.79. The zero-order chi connectivity index (χ0) is 16.6. The third-order valence-corrected chi connectivity index (χ3v) is 4.69. The van der Waals surface area contributed by atoms with Crippen LogP contribution < -0.4 is 10.6 Å². The minimum Gasteiger partial charge on any atom is -0.375 e. The van der Waals surface area contributed by atoms with Gasteiger partial charge in [0.05, 0.1) is 6.10 Å². The lowest BCUT2D eigenvalue weighted by molar-refractivity contribution is 0.106. The molecule has 0 spiro atoms. The van der Waals surface area contributed by atoms with E-state index in [4.69, 9.17) is 4.74 Å². The van der Waals surface area contributed by atoms with E-state index in [1.807, 2.05) is 0 Å². The summed E-state index contributed by atoms with van der Waals surface area (Å²) in [7, 11) is 3.38. The van der Waals surface area contributed by atoms with Crippen molar-refractivity contribution < 1.29 is 9.13 Å². The Morgan fingerprint density at radius 2 is 1.91 bits per heavy atom. The van der Waals surface area contributed by atoms with Crippen LogP contribution in [-0.4, -0.2) is 44.2 Å². The van der Waals surface area contributed by atoms with Crippen LogP contribution in [0.15, 0.2) is 29.3 Å². The Kier molecular flexibility index (Phi) is 10.8. The van der Waals surface area contributed by atoms with Crippen molar-refractivity contribution in [2.45, 2.75) is 24.7 Å². The van der Waals surface area contributed by atoms with Gasteiger partial charge in [0.15, 0.2) is 5.96 Å². The van der Waals surface area contributed by atoms with Crippen LogP contribution in [0.5, 0.6) is 0 Å². The molecule has 1 aromatic rings. The smallest absolute Gasteiger partial charge is 0.191 e. The predicted molar refractivity (Wildman–Crippen MR) is 109 cm³/mol. The number of ether oxygens (including phenoxy) is 1. The number of nitrogens with one attached hydrogen (secondary N) is 2. The van der Waals surface area contributed by atoms with Crippen molar-refractivity contribution in [3.05, 3.63) is 35.6 Å². The number of halogens is 2. The number of rotatable bonds is 7. The molecule has 0 aromatic heterocycles. The van der Waals surface area contributed by atoms with Gasteiger partial charge in [-0.3, -0.25) is 4.99 Å². The topological polar surface area (TPSA) is 45.7 Å². The van der Waals surface area contributed by atoms with Gasteiger partial charge in [-0.05, 0) is 37.8 Å². The molecule has 0 amide bonds. The number of thioether (sulfide) groups is 1. The van der Waals surface area contributed by atoms with Gasteiger partial charge in [-0.25, -0.2) is 4.39 Å². The van der Waals surface area contributed by atoms with Crippen molar-refractivity contribution in [3.63, 3.8) is 0 Å². The molecule has 0 aliphatic heterocycles. The molecule has 0 saturated heterocycles. The highest BCUT2D eigenvalue weighted by Gasteiger charge is 2.17. The molecule has 0 radical (unpaired) electrons. The monoisotopic (exact) mass is 455 g/mol. The number of guanidine groups is 1. The summed E-state index contributed by atoms with van der Waals surface area (Å²) in [6, 6.07) is 6.35. The molecular weight excluding hydrogens is 428 g/mol. The SMILES string of the molecule is CN=C(NCC(OC)c1ccc(F)cc1)NCC(C)(C)SC.I. The summed E-state index contributed by atoms with van der Waals surface area (Å²) >= 11 is 1.80. The second-order valence-electron chi connectivity index (χ2n) is 5.55. The number of methoxy groups -OCH3 is 1. The minimum absolute atomic E-state index is 0. The molecule has 23 heavy (non-hydrogen) atoms. The normalized spacial score (nSPS) is 13.2. The van der Waals surface area contributed by atoms with Gasteiger partial charge in [0.25, 0.3) is 0 Å². The summed E-state index contributed by atoms with van der Waals surface area (Å²) in [5.41, 5.74) is 0.927. The number of nitrogens with zero attached hydrogens (tertiary/aromatic N) is 1. The maximum Gasteiger partial charge on any atom is 0.191 e. The summed E-state index contributed by atoms with van der Waals surface area (Å²) in [5.74, 6) is 0.481. The first-order valence-electron chi connectivity index (χ1n) is 7.20. The molecule has 4 nitrogen and oxygen atoms in total. The van der Waals surface area contributed by atoms with Crippen molar-refractivity contribution >= 4 is 41.7 Å². The van der Waals surface area contributed by atoms with Crippen LogP contribution in [0, 0.1) is 5.82 Å². The largest absolute Gasteiger partial charge is 0.375 e. The van der Waals surface area contributed by atoms with Crippen LogP contribution in [0.2, 0.25) is 0 Å². The van der Waals surface area contributed by atoms with Gasteiger partial charge < -0.3 is 15.4 Å². The van der Waals surface area contributed by atoms with Gasteiger partial charge in [0.1, 0.15) is 5.82 Å². The first-order chi connectivity index (χ1) is 10.4. The van der Waals surface area contributed by atoms with E-state index in [2.05, 4.69) is 35.7 Å². The third kappa shape index (κ3) is 8.21. The molecule has 0 saturated carbocycles. The summed E-state index contributed by atoms with van der Waals surface area (Å²) in [6.07, 6.45) is 1.93. The summed E-state index contributed by atoms with van der Waals surface area (Å²) < 4.78 is 18.6. The van der Waals surface area contributed by atoms with Crippen LogP contribution in [-0.2, 0) is 4.74 Å².